The Balaban J connectivity index is 3.98. The van der Waals surface area contributed by atoms with Gasteiger partial charge < -0.3 is 20.1 Å². The van der Waals surface area contributed by atoms with E-state index in [2.05, 4.69) is 5.32 Å². The number of hydrogen-bond acceptors (Lipinski definition) is 4. The number of nitrogens with one attached hydrogen (secondary N) is 1. The standard InChI is InChI=1S/C10H20N2O4/c1-10(2,3)16-9(15)11-6-7(13)8(14)12(4)5/h7,13H,6H2,1-5H3,(H,11,15)/t7-/m0/s1. The Kier molecular flexibility index (Phi) is 5.23. The normalized spacial score (nSPS) is 12.9. The van der Waals surface area contributed by atoms with Crippen molar-refractivity contribution in [3.63, 3.8) is 0 Å². The number of hydrogen-bond donors (Lipinski definition) is 2. The third-order valence-corrected chi connectivity index (χ3v) is 1.56. The van der Waals surface area contributed by atoms with Crippen molar-refractivity contribution < 1.29 is 19.4 Å². The van der Waals surface area contributed by atoms with E-state index in [-0.39, 0.29) is 6.54 Å². The molecule has 0 spiro atoms. The molecule has 0 radical (unpaired) electrons. The minimum Gasteiger partial charge on any atom is -0.444 e. The Morgan fingerprint density at radius 2 is 1.88 bits per heavy atom. The molecule has 16 heavy (non-hydrogen) atoms. The lowest BCUT2D eigenvalue weighted by Crippen LogP contribution is -2.43. The molecule has 6 heteroatoms. The predicted octanol–water partition coefficient (Wildman–Crippen LogP) is -0.0398. The van der Waals surface area contributed by atoms with Crippen LogP contribution >= 0.6 is 0 Å². The summed E-state index contributed by atoms with van der Waals surface area (Å²) in [5.74, 6) is -0.462. The summed E-state index contributed by atoms with van der Waals surface area (Å²) < 4.78 is 4.94. The van der Waals surface area contributed by atoms with E-state index >= 15 is 0 Å². The highest BCUT2D eigenvalue weighted by molar-refractivity contribution is 5.81. The second-order valence-corrected chi connectivity index (χ2v) is 4.63. The van der Waals surface area contributed by atoms with Gasteiger partial charge in [0.2, 0.25) is 0 Å². The third-order valence-electron chi connectivity index (χ3n) is 1.56. The molecule has 0 aliphatic heterocycles. The number of aliphatic hydroxyl groups excluding tert-OH is 1. The van der Waals surface area contributed by atoms with Crippen LogP contribution in [0.5, 0.6) is 0 Å². The summed E-state index contributed by atoms with van der Waals surface area (Å²) in [6, 6.07) is 0. The van der Waals surface area contributed by atoms with Crippen LogP contribution in [-0.4, -0.2) is 54.4 Å². The number of aliphatic hydroxyl groups is 1. The number of alkyl carbamates (subject to hydrolysis) is 1. The van der Waals surface area contributed by atoms with Crippen molar-refractivity contribution in [1.82, 2.24) is 10.2 Å². The first-order chi connectivity index (χ1) is 7.13. The number of carbonyl (C=O) groups is 2. The Hall–Kier alpha value is -1.30. The summed E-state index contributed by atoms with van der Waals surface area (Å²) in [7, 11) is 3.05. The fourth-order valence-corrected chi connectivity index (χ4v) is 0.880. The molecule has 0 bridgehead atoms. The molecular weight excluding hydrogens is 212 g/mol. The van der Waals surface area contributed by atoms with Crippen molar-refractivity contribution in [3.05, 3.63) is 0 Å². The molecule has 0 aromatic rings. The molecule has 0 unspecified atom stereocenters. The molecule has 1 atom stereocenters. The van der Waals surface area contributed by atoms with Crippen molar-refractivity contribution in [3.8, 4) is 0 Å². The van der Waals surface area contributed by atoms with Crippen LogP contribution in [0.1, 0.15) is 20.8 Å². The summed E-state index contributed by atoms with van der Waals surface area (Å²) in [5.41, 5.74) is -0.597. The van der Waals surface area contributed by atoms with Crippen LogP contribution in [0.3, 0.4) is 0 Å². The van der Waals surface area contributed by atoms with E-state index in [4.69, 9.17) is 4.74 Å². The van der Waals surface area contributed by atoms with Gasteiger partial charge in [-0.15, -0.1) is 0 Å². The van der Waals surface area contributed by atoms with Gasteiger partial charge in [-0.25, -0.2) is 4.79 Å². The monoisotopic (exact) mass is 232 g/mol. The van der Waals surface area contributed by atoms with Crippen LogP contribution in [0.4, 0.5) is 4.79 Å². The molecule has 94 valence electrons. The Labute approximate surface area is 95.6 Å². The summed E-state index contributed by atoms with van der Waals surface area (Å²) in [4.78, 5) is 23.7. The lowest BCUT2D eigenvalue weighted by atomic mass is 10.2. The zero-order valence-electron chi connectivity index (χ0n) is 10.4. The van der Waals surface area contributed by atoms with Gasteiger partial charge in [-0.1, -0.05) is 0 Å². The van der Waals surface area contributed by atoms with Gasteiger partial charge in [0.1, 0.15) is 11.7 Å². The third kappa shape index (κ3) is 6.23. The predicted molar refractivity (Wildman–Crippen MR) is 58.9 cm³/mol. The fraction of sp³-hybridized carbons (Fsp3) is 0.800. The maximum atomic E-state index is 11.2. The molecule has 0 heterocycles. The SMILES string of the molecule is CN(C)C(=O)[C@@H](O)CNC(=O)OC(C)(C)C. The van der Waals surface area contributed by atoms with Crippen LogP contribution in [0.15, 0.2) is 0 Å². The molecule has 0 aromatic heterocycles. The van der Waals surface area contributed by atoms with E-state index in [9.17, 15) is 14.7 Å². The first-order valence-corrected chi connectivity index (χ1v) is 4.99. The van der Waals surface area contributed by atoms with Crippen LogP contribution in [0.25, 0.3) is 0 Å². The van der Waals surface area contributed by atoms with E-state index in [1.807, 2.05) is 0 Å². The van der Waals surface area contributed by atoms with E-state index in [1.165, 1.54) is 19.0 Å². The maximum absolute atomic E-state index is 11.2. The Morgan fingerprint density at radius 3 is 2.25 bits per heavy atom. The summed E-state index contributed by atoms with van der Waals surface area (Å²) in [6.45, 7) is 5.03. The van der Waals surface area contributed by atoms with Crippen molar-refractivity contribution >= 4 is 12.0 Å². The van der Waals surface area contributed by atoms with E-state index in [1.54, 1.807) is 20.8 Å². The average Bonchev–Trinajstić information content (AvgIpc) is 2.09. The van der Waals surface area contributed by atoms with Gasteiger partial charge >= 0.3 is 6.09 Å². The van der Waals surface area contributed by atoms with E-state index in [0.29, 0.717) is 0 Å². The molecule has 2 N–H and O–H groups in total. The zero-order valence-corrected chi connectivity index (χ0v) is 10.4. The minimum absolute atomic E-state index is 0.161. The second kappa shape index (κ2) is 5.69. The highest BCUT2D eigenvalue weighted by Crippen LogP contribution is 2.06. The molecule has 0 saturated heterocycles. The molecule has 6 nitrogen and oxygen atoms in total. The van der Waals surface area contributed by atoms with E-state index in [0.717, 1.165) is 0 Å². The molecule has 0 aliphatic rings. The first-order valence-electron chi connectivity index (χ1n) is 4.99. The molecule has 0 rings (SSSR count). The largest absolute Gasteiger partial charge is 0.444 e. The summed E-state index contributed by atoms with van der Waals surface area (Å²) in [5, 5.41) is 11.7. The lowest BCUT2D eigenvalue weighted by Gasteiger charge is -2.21. The van der Waals surface area contributed by atoms with Crippen molar-refractivity contribution in [2.75, 3.05) is 20.6 Å². The topological polar surface area (TPSA) is 78.9 Å². The van der Waals surface area contributed by atoms with Crippen LogP contribution in [0.2, 0.25) is 0 Å². The molecule has 0 saturated carbocycles. The highest BCUT2D eigenvalue weighted by atomic mass is 16.6. The van der Waals surface area contributed by atoms with E-state index < -0.39 is 23.7 Å². The maximum Gasteiger partial charge on any atom is 0.407 e. The van der Waals surface area contributed by atoms with Gasteiger partial charge in [0, 0.05) is 14.1 Å². The van der Waals surface area contributed by atoms with Crippen LogP contribution in [0, 0.1) is 0 Å². The van der Waals surface area contributed by atoms with Crippen LogP contribution < -0.4 is 5.32 Å². The first kappa shape index (κ1) is 14.7. The molecular formula is C10H20N2O4. The van der Waals surface area contributed by atoms with Gasteiger partial charge in [-0.05, 0) is 20.8 Å². The highest BCUT2D eigenvalue weighted by Gasteiger charge is 2.20. The number of likely N-dealkylation sites (N-methyl/N-ethyl adjacent to an activating group) is 1. The van der Waals surface area contributed by atoms with Crippen LogP contribution in [-0.2, 0) is 9.53 Å². The zero-order chi connectivity index (χ0) is 12.9. The quantitative estimate of drug-likeness (QED) is 0.715. The summed E-state index contributed by atoms with van der Waals surface area (Å²) in [6.07, 6.45) is -1.90. The van der Waals surface area contributed by atoms with Gasteiger partial charge in [0.05, 0.1) is 6.54 Å². The number of amides is 2. The second-order valence-electron chi connectivity index (χ2n) is 4.63. The molecule has 0 fully saturated rings. The number of carbonyl (C=O) groups excluding carboxylic acids is 2. The Bertz CT molecular complexity index is 258. The summed E-state index contributed by atoms with van der Waals surface area (Å²) >= 11 is 0. The van der Waals surface area contributed by atoms with Crippen molar-refractivity contribution in [1.29, 1.82) is 0 Å². The number of nitrogens with zero attached hydrogens (tertiary/aromatic N) is 1. The minimum atomic E-state index is -1.25. The van der Waals surface area contributed by atoms with Gasteiger partial charge in [-0.2, -0.15) is 0 Å². The molecule has 0 aromatic carbocycles. The van der Waals surface area contributed by atoms with Gasteiger partial charge in [-0.3, -0.25) is 4.79 Å². The number of rotatable bonds is 3. The molecule has 2 amide bonds. The van der Waals surface area contributed by atoms with Gasteiger partial charge in [0.15, 0.2) is 0 Å². The fourth-order valence-electron chi connectivity index (χ4n) is 0.880. The lowest BCUT2D eigenvalue weighted by molar-refractivity contribution is -0.137. The average molecular weight is 232 g/mol. The molecule has 0 aliphatic carbocycles. The number of ether oxygens (including phenoxy) is 1. The van der Waals surface area contributed by atoms with Crippen molar-refractivity contribution in [2.45, 2.75) is 32.5 Å². The van der Waals surface area contributed by atoms with Crippen molar-refractivity contribution in [2.24, 2.45) is 0 Å². The smallest absolute Gasteiger partial charge is 0.407 e. The van der Waals surface area contributed by atoms with Gasteiger partial charge in [0.25, 0.3) is 5.91 Å². The Morgan fingerprint density at radius 1 is 1.38 bits per heavy atom.